The van der Waals surface area contributed by atoms with Gasteiger partial charge in [-0.05, 0) is 86.5 Å². The molecule has 10 heteroatoms. The first kappa shape index (κ1) is 28.1. The van der Waals surface area contributed by atoms with E-state index in [-0.39, 0.29) is 22.9 Å². The summed E-state index contributed by atoms with van der Waals surface area (Å²) in [7, 11) is -1.08. The second-order valence-corrected chi connectivity index (χ2v) is 16.4. The first-order valence-electron chi connectivity index (χ1n) is 13.8. The predicted octanol–water partition coefficient (Wildman–Crippen LogP) is 6.17. The van der Waals surface area contributed by atoms with Crippen molar-refractivity contribution < 1.29 is 9.59 Å². The summed E-state index contributed by atoms with van der Waals surface area (Å²) in [6.45, 7) is 0. The van der Waals surface area contributed by atoms with Crippen LogP contribution in [0.4, 0.5) is 11.6 Å². The number of benzene rings is 2. The summed E-state index contributed by atoms with van der Waals surface area (Å²) in [4.78, 5) is 37.9. The molecule has 2 bridgehead atoms. The average molecular weight is 601 g/mol. The van der Waals surface area contributed by atoms with Gasteiger partial charge in [0.1, 0.15) is 0 Å². The van der Waals surface area contributed by atoms with Crippen LogP contribution < -0.4 is 16.0 Å². The highest BCUT2D eigenvalue weighted by Gasteiger charge is 2.58. The number of carbonyl (C=O) groups is 2. The van der Waals surface area contributed by atoms with Gasteiger partial charge in [-0.2, -0.15) is 10.0 Å². The third kappa shape index (κ3) is 5.83. The molecule has 2 amide bonds. The van der Waals surface area contributed by atoms with Gasteiger partial charge in [-0.25, -0.2) is 9.97 Å². The number of halogens is 1. The fraction of sp³-hybridized carbons (Fsp3) is 0.312. The van der Waals surface area contributed by atoms with E-state index in [0.29, 0.717) is 27.9 Å². The highest BCUT2D eigenvalue weighted by atomic mass is 35.5. The largest absolute Gasteiger partial charge is 0.360 e. The number of aromatic nitrogens is 3. The molecule has 3 aliphatic carbocycles. The number of fused-ring (bicyclic) bond motifs is 3. The monoisotopic (exact) mass is 600 g/mol. The number of H-pyrrole nitrogens is 1. The molecule has 7 rings (SSSR count). The van der Waals surface area contributed by atoms with Crippen LogP contribution in [-0.2, 0) is 4.79 Å². The molecule has 0 spiro atoms. The molecule has 4 aromatic rings. The number of hydrogen-bond donors (Lipinski definition) is 4. The van der Waals surface area contributed by atoms with E-state index in [4.69, 9.17) is 16.6 Å². The molecule has 4 N–H and O–H groups in total. The Morgan fingerprint density at radius 3 is 2.52 bits per heavy atom. The van der Waals surface area contributed by atoms with Gasteiger partial charge in [0.15, 0.2) is 0 Å². The number of hydrogen-bond acceptors (Lipinski definition) is 5. The zero-order valence-electron chi connectivity index (χ0n) is 23.8. The Hall–Kier alpha value is -4.00. The van der Waals surface area contributed by atoms with E-state index in [9.17, 15) is 9.59 Å². The number of nitrogens with one attached hydrogen (secondary N) is 4. The van der Waals surface area contributed by atoms with Crippen molar-refractivity contribution in [3.63, 3.8) is 0 Å². The fourth-order valence-electron chi connectivity index (χ4n) is 6.16. The molecule has 0 radical (unpaired) electrons. The number of carbonyl (C=O) groups excluding carboxylic acids is 2. The summed E-state index contributed by atoms with van der Waals surface area (Å²) < 4.78 is 0. The first-order chi connectivity index (χ1) is 20.0. The molecule has 3 saturated carbocycles. The van der Waals surface area contributed by atoms with Crippen molar-refractivity contribution in [1.29, 1.82) is 0 Å². The third-order valence-corrected chi connectivity index (χ3v) is 8.88. The van der Waals surface area contributed by atoms with Crippen LogP contribution in [0, 0.1) is 11.2 Å². The van der Waals surface area contributed by atoms with E-state index in [1.54, 1.807) is 30.5 Å². The second-order valence-electron chi connectivity index (χ2n) is 12.1. The van der Waals surface area contributed by atoms with Crippen LogP contribution in [0.5, 0.6) is 0 Å². The summed E-state index contributed by atoms with van der Waals surface area (Å²) in [6, 6.07) is 15.0. The lowest BCUT2D eigenvalue weighted by Gasteiger charge is -2.60. The van der Waals surface area contributed by atoms with Crippen LogP contribution in [-0.4, -0.2) is 56.6 Å². The predicted molar refractivity (Wildman–Crippen MR) is 172 cm³/mol. The van der Waals surface area contributed by atoms with Crippen LogP contribution in [0.3, 0.4) is 0 Å². The summed E-state index contributed by atoms with van der Waals surface area (Å²) in [5.41, 5.74) is 3.34. The van der Waals surface area contributed by atoms with E-state index in [1.165, 1.54) is 0 Å². The third-order valence-electron chi connectivity index (χ3n) is 7.88. The molecule has 2 heterocycles. The highest BCUT2D eigenvalue weighted by Crippen LogP contribution is 2.53. The van der Waals surface area contributed by atoms with E-state index >= 15 is 0 Å². The minimum absolute atomic E-state index is 0.121. The van der Waals surface area contributed by atoms with Crippen molar-refractivity contribution in [1.82, 2.24) is 20.3 Å². The van der Waals surface area contributed by atoms with Gasteiger partial charge in [-0.3, -0.25) is 9.59 Å². The number of nitrogens with zero attached hydrogens (tertiary/aromatic N) is 2. The van der Waals surface area contributed by atoms with Gasteiger partial charge in [0.2, 0.25) is 5.95 Å². The molecule has 3 fully saturated rings. The van der Waals surface area contributed by atoms with Crippen molar-refractivity contribution in [2.24, 2.45) is 0 Å². The maximum absolute atomic E-state index is 13.2. The molecular formula is C32H33ClN6O2S. The maximum atomic E-state index is 13.2. The molecule has 0 aliphatic heterocycles. The number of para-hydroxylation sites is 1. The van der Waals surface area contributed by atoms with Crippen LogP contribution in [0.25, 0.3) is 22.2 Å². The van der Waals surface area contributed by atoms with E-state index in [0.717, 1.165) is 48.6 Å². The standard InChI is InChI=1S/C32H33ClN6O2S/c1-42(2,3)16-13-27(40)36-22-11-9-21(10-12-22)29(41)38-31-14-6-15-32(19-31,20-31)39-30-35-18-25(33)28(37-30)24-17-34-26-8-5-4-7-23(24)26/h4-5,7-12,17-18,34H,6,14-15,19-20H2,1-3H3,(H,36,40)(H,38,41)(H,35,37,39). The molecule has 0 unspecified atom stereocenters. The maximum Gasteiger partial charge on any atom is 0.301 e. The van der Waals surface area contributed by atoms with Gasteiger partial charge in [-0.1, -0.05) is 29.8 Å². The van der Waals surface area contributed by atoms with Crippen molar-refractivity contribution >= 4 is 56.0 Å². The lowest BCUT2D eigenvalue weighted by Crippen LogP contribution is -2.70. The molecular weight excluding hydrogens is 568 g/mol. The Morgan fingerprint density at radius 1 is 1.02 bits per heavy atom. The summed E-state index contributed by atoms with van der Waals surface area (Å²) in [6.07, 6.45) is 14.1. The Bertz CT molecular complexity index is 1740. The summed E-state index contributed by atoms with van der Waals surface area (Å²) in [5.74, 6) is 2.71. The number of aromatic amines is 1. The summed E-state index contributed by atoms with van der Waals surface area (Å²) >= 11 is 6.54. The number of anilines is 2. The molecule has 3 aliphatic rings. The lowest BCUT2D eigenvalue weighted by molar-refractivity contribution is -0.111. The highest BCUT2D eigenvalue weighted by molar-refractivity contribution is 8.36. The number of rotatable bonds is 6. The van der Waals surface area contributed by atoms with Crippen LogP contribution in [0.1, 0.15) is 42.5 Å². The Kier molecular flexibility index (Phi) is 7.16. The smallest absolute Gasteiger partial charge is 0.301 e. The Balaban J connectivity index is 1.11. The van der Waals surface area contributed by atoms with Gasteiger partial charge in [-0.15, -0.1) is 0 Å². The van der Waals surface area contributed by atoms with E-state index in [1.807, 2.05) is 49.2 Å². The van der Waals surface area contributed by atoms with E-state index in [2.05, 4.69) is 37.1 Å². The van der Waals surface area contributed by atoms with E-state index < -0.39 is 10.0 Å². The molecule has 2 aromatic carbocycles. The van der Waals surface area contributed by atoms with Crippen LogP contribution >= 0.6 is 21.6 Å². The van der Waals surface area contributed by atoms with Crippen molar-refractivity contribution in [3.8, 4) is 22.4 Å². The Morgan fingerprint density at radius 2 is 1.76 bits per heavy atom. The molecule has 0 atom stereocenters. The lowest BCUT2D eigenvalue weighted by atomic mass is 9.54. The molecule has 0 saturated heterocycles. The fourth-order valence-corrected chi connectivity index (χ4v) is 6.76. The average Bonchev–Trinajstić information content (AvgIpc) is 3.37. The topological polar surface area (TPSA) is 112 Å². The molecule has 216 valence electrons. The summed E-state index contributed by atoms with van der Waals surface area (Å²) in [5, 5.41) is 14.2. The quantitative estimate of drug-likeness (QED) is 0.198. The van der Waals surface area contributed by atoms with Crippen LogP contribution in [0.15, 0.2) is 60.9 Å². The molecule has 8 nitrogen and oxygen atoms in total. The van der Waals surface area contributed by atoms with Gasteiger partial charge in [0.05, 0.1) is 16.9 Å². The zero-order valence-corrected chi connectivity index (χ0v) is 25.4. The van der Waals surface area contributed by atoms with Gasteiger partial charge >= 0.3 is 5.91 Å². The normalized spacial score (nSPS) is 21.4. The van der Waals surface area contributed by atoms with Crippen molar-refractivity contribution in [2.75, 3.05) is 29.4 Å². The van der Waals surface area contributed by atoms with Crippen LogP contribution in [0.2, 0.25) is 5.02 Å². The number of amides is 2. The zero-order chi connectivity index (χ0) is 29.5. The minimum Gasteiger partial charge on any atom is -0.360 e. The van der Waals surface area contributed by atoms with Crippen molar-refractivity contribution in [2.45, 2.75) is 43.2 Å². The van der Waals surface area contributed by atoms with Crippen molar-refractivity contribution in [3.05, 3.63) is 71.5 Å². The molecule has 2 aromatic heterocycles. The van der Waals surface area contributed by atoms with Gasteiger partial charge in [0, 0.05) is 50.9 Å². The SMILES string of the molecule is CS(C)(C)C#CC(=O)Nc1ccc(C(=O)NC23CCCC(Nc4ncc(Cl)c(-c5c[nH]c6ccccc56)n4)(C2)C3)cc1. The minimum atomic E-state index is -1.08. The van der Waals surface area contributed by atoms with Gasteiger partial charge in [0.25, 0.3) is 5.91 Å². The Labute approximate surface area is 251 Å². The molecule has 42 heavy (non-hydrogen) atoms. The second kappa shape index (κ2) is 10.7. The first-order valence-corrected chi connectivity index (χ1v) is 17.1. The van der Waals surface area contributed by atoms with Gasteiger partial charge < -0.3 is 20.9 Å².